The minimum absolute atomic E-state index is 0.311. The Bertz CT molecular complexity index is 203. The lowest BCUT2D eigenvalue weighted by molar-refractivity contribution is 0.0411. The zero-order valence-corrected chi connectivity index (χ0v) is 5.71. The van der Waals surface area contributed by atoms with Gasteiger partial charge in [0.1, 0.15) is 0 Å². The summed E-state index contributed by atoms with van der Waals surface area (Å²) in [5.41, 5.74) is 1.37. The maximum Gasteiger partial charge on any atom is 0.222 e. The van der Waals surface area contributed by atoms with Crippen LogP contribution in [0.2, 0.25) is 0 Å². The number of aliphatic hydroxyl groups is 1. The van der Waals surface area contributed by atoms with Crippen molar-refractivity contribution >= 4 is 0 Å². The Kier molecular flexibility index (Phi) is 2.02. The third kappa shape index (κ3) is 1.54. The van der Waals surface area contributed by atoms with Gasteiger partial charge in [-0.3, -0.25) is 0 Å². The number of aryl methyl sites for hydroxylation is 1. The molecule has 0 heterocycles. The largest absolute Gasteiger partial charge is 0.360 e. The van der Waals surface area contributed by atoms with Crippen LogP contribution in [0.25, 0.3) is 0 Å². The first-order valence-corrected chi connectivity index (χ1v) is 3.09. The van der Waals surface area contributed by atoms with Gasteiger partial charge >= 0.3 is 0 Å². The molecule has 54 valence electrons. The van der Waals surface area contributed by atoms with Gasteiger partial charge in [-0.2, -0.15) is 0 Å². The predicted octanol–water partition coefficient (Wildman–Crippen LogP) is 1.96. The Morgan fingerprint density at radius 2 is 1.80 bits per heavy atom. The van der Waals surface area contributed by atoms with E-state index in [2.05, 4.69) is 0 Å². The highest BCUT2D eigenvalue weighted by Gasteiger charge is 2.01. The molecule has 1 nitrogen and oxygen atoms in total. The maximum absolute atomic E-state index is 12.1. The van der Waals surface area contributed by atoms with E-state index in [1.54, 1.807) is 24.3 Å². The van der Waals surface area contributed by atoms with Crippen LogP contribution in [0, 0.1) is 6.92 Å². The van der Waals surface area contributed by atoms with E-state index < -0.39 is 6.36 Å². The smallest absolute Gasteiger partial charge is 0.222 e. The molecule has 0 saturated heterocycles. The van der Waals surface area contributed by atoms with Gasteiger partial charge in [0.15, 0.2) is 0 Å². The first kappa shape index (κ1) is 7.22. The van der Waals surface area contributed by atoms with Crippen molar-refractivity contribution in [2.45, 2.75) is 13.3 Å². The van der Waals surface area contributed by atoms with Gasteiger partial charge in [0, 0.05) is 5.56 Å². The van der Waals surface area contributed by atoms with Crippen molar-refractivity contribution in [3.63, 3.8) is 0 Å². The van der Waals surface area contributed by atoms with E-state index in [4.69, 9.17) is 5.11 Å². The molecule has 0 aliphatic carbocycles. The molecule has 1 atom stereocenters. The fraction of sp³-hybridized carbons (Fsp3) is 0.250. The summed E-state index contributed by atoms with van der Waals surface area (Å²) in [4.78, 5) is 0. The Morgan fingerprint density at radius 3 is 2.20 bits per heavy atom. The molecule has 0 radical (unpaired) electrons. The molecule has 0 bridgehead atoms. The van der Waals surface area contributed by atoms with Gasteiger partial charge in [-0.05, 0) is 6.92 Å². The molecule has 1 aromatic rings. The zero-order chi connectivity index (χ0) is 7.56. The van der Waals surface area contributed by atoms with Gasteiger partial charge in [-0.1, -0.05) is 29.8 Å². The van der Waals surface area contributed by atoms with Gasteiger partial charge in [0.05, 0.1) is 0 Å². The quantitative estimate of drug-likeness (QED) is 0.632. The summed E-state index contributed by atoms with van der Waals surface area (Å²) in [5.74, 6) is 0. The summed E-state index contributed by atoms with van der Waals surface area (Å²) in [5, 5.41) is 8.45. The topological polar surface area (TPSA) is 20.2 Å². The minimum Gasteiger partial charge on any atom is -0.360 e. The fourth-order valence-corrected chi connectivity index (χ4v) is 0.725. The average molecular weight is 140 g/mol. The van der Waals surface area contributed by atoms with Crippen LogP contribution in [-0.2, 0) is 0 Å². The molecule has 0 saturated carbocycles. The molecule has 0 aliphatic rings. The highest BCUT2D eigenvalue weighted by Crippen LogP contribution is 2.13. The standard InChI is InChI=1S/C8H9FO/c1-6-2-4-7(5-3-6)8(9)10/h2-5,8,10H,1H3. The molecule has 2 heteroatoms. The van der Waals surface area contributed by atoms with E-state index in [0.717, 1.165) is 5.56 Å². The lowest BCUT2D eigenvalue weighted by Crippen LogP contribution is -1.87. The SMILES string of the molecule is Cc1ccc(C(O)F)cc1. The molecule has 0 spiro atoms. The zero-order valence-electron chi connectivity index (χ0n) is 5.71. The summed E-state index contributed by atoms with van der Waals surface area (Å²) < 4.78 is 12.1. The predicted molar refractivity (Wildman–Crippen MR) is 37.2 cm³/mol. The Labute approximate surface area is 59.1 Å². The van der Waals surface area contributed by atoms with Crippen LogP contribution in [-0.4, -0.2) is 5.11 Å². The van der Waals surface area contributed by atoms with Crippen molar-refractivity contribution < 1.29 is 9.50 Å². The van der Waals surface area contributed by atoms with Crippen molar-refractivity contribution in [3.8, 4) is 0 Å². The molecular formula is C8H9FO. The Balaban J connectivity index is 2.89. The first-order valence-electron chi connectivity index (χ1n) is 3.09. The highest BCUT2D eigenvalue weighted by atomic mass is 19.1. The molecule has 1 rings (SSSR count). The molecule has 0 fully saturated rings. The molecule has 0 aliphatic heterocycles. The number of hydrogen-bond acceptors (Lipinski definition) is 1. The highest BCUT2D eigenvalue weighted by molar-refractivity contribution is 5.21. The van der Waals surface area contributed by atoms with E-state index in [0.29, 0.717) is 5.56 Å². The monoisotopic (exact) mass is 140 g/mol. The van der Waals surface area contributed by atoms with Crippen molar-refractivity contribution in [2.24, 2.45) is 0 Å². The number of alkyl halides is 1. The van der Waals surface area contributed by atoms with Crippen LogP contribution in [0.5, 0.6) is 0 Å². The van der Waals surface area contributed by atoms with Crippen LogP contribution in [0.3, 0.4) is 0 Å². The summed E-state index contributed by atoms with van der Waals surface area (Å²) in [6, 6.07) is 6.66. The second-order valence-electron chi connectivity index (χ2n) is 2.25. The van der Waals surface area contributed by atoms with Crippen LogP contribution < -0.4 is 0 Å². The molecule has 10 heavy (non-hydrogen) atoms. The first-order chi connectivity index (χ1) is 4.70. The lowest BCUT2D eigenvalue weighted by Gasteiger charge is -1.99. The van der Waals surface area contributed by atoms with Crippen LogP contribution in [0.15, 0.2) is 24.3 Å². The second-order valence-corrected chi connectivity index (χ2v) is 2.25. The van der Waals surface area contributed by atoms with E-state index in [-0.39, 0.29) is 0 Å². The van der Waals surface area contributed by atoms with Crippen LogP contribution >= 0.6 is 0 Å². The van der Waals surface area contributed by atoms with Gasteiger partial charge in [-0.25, -0.2) is 4.39 Å². The second kappa shape index (κ2) is 2.80. The van der Waals surface area contributed by atoms with Crippen molar-refractivity contribution in [1.29, 1.82) is 0 Å². The fourth-order valence-electron chi connectivity index (χ4n) is 0.725. The van der Waals surface area contributed by atoms with E-state index in [9.17, 15) is 4.39 Å². The van der Waals surface area contributed by atoms with E-state index in [1.165, 1.54) is 0 Å². The van der Waals surface area contributed by atoms with Crippen molar-refractivity contribution in [2.75, 3.05) is 0 Å². The van der Waals surface area contributed by atoms with Crippen molar-refractivity contribution in [1.82, 2.24) is 0 Å². The summed E-state index contributed by atoms with van der Waals surface area (Å²) in [7, 11) is 0. The molecule has 1 unspecified atom stereocenters. The van der Waals surface area contributed by atoms with E-state index in [1.807, 2.05) is 6.92 Å². The third-order valence-electron chi connectivity index (χ3n) is 1.35. The molecule has 1 aromatic carbocycles. The van der Waals surface area contributed by atoms with Crippen LogP contribution in [0.4, 0.5) is 4.39 Å². The lowest BCUT2D eigenvalue weighted by atomic mass is 10.1. The number of hydrogen-bond donors (Lipinski definition) is 1. The molecule has 0 amide bonds. The number of benzene rings is 1. The summed E-state index contributed by atoms with van der Waals surface area (Å²) in [6.45, 7) is 1.91. The normalized spacial score (nSPS) is 13.1. The molecular weight excluding hydrogens is 131 g/mol. The van der Waals surface area contributed by atoms with Crippen molar-refractivity contribution in [3.05, 3.63) is 35.4 Å². The third-order valence-corrected chi connectivity index (χ3v) is 1.35. The summed E-state index contributed by atoms with van der Waals surface area (Å²) in [6.07, 6.45) is -1.85. The maximum atomic E-state index is 12.1. The Morgan fingerprint density at radius 1 is 1.30 bits per heavy atom. The van der Waals surface area contributed by atoms with Gasteiger partial charge in [0.25, 0.3) is 0 Å². The average Bonchev–Trinajstić information content (AvgIpc) is 1.88. The number of aliphatic hydroxyl groups excluding tert-OH is 1. The minimum atomic E-state index is -1.85. The Hall–Kier alpha value is -0.890. The van der Waals surface area contributed by atoms with E-state index >= 15 is 0 Å². The van der Waals surface area contributed by atoms with Gasteiger partial charge in [-0.15, -0.1) is 0 Å². The van der Waals surface area contributed by atoms with Crippen LogP contribution in [0.1, 0.15) is 17.5 Å². The molecule has 0 aromatic heterocycles. The van der Waals surface area contributed by atoms with Gasteiger partial charge < -0.3 is 5.11 Å². The van der Waals surface area contributed by atoms with Gasteiger partial charge in [0.2, 0.25) is 6.36 Å². The molecule has 1 N–H and O–H groups in total. The number of halogens is 1. The summed E-state index contributed by atoms with van der Waals surface area (Å²) >= 11 is 0. The number of rotatable bonds is 1.